The highest BCUT2D eigenvalue weighted by atomic mass is 35.5. The molecule has 3 aliphatic rings. The van der Waals surface area contributed by atoms with Crippen LogP contribution < -0.4 is 22.1 Å². The number of nitrogens with zero attached hydrogens (tertiary/aromatic N) is 5. The van der Waals surface area contributed by atoms with Crippen LogP contribution in [0.25, 0.3) is 0 Å². The van der Waals surface area contributed by atoms with Gasteiger partial charge in [-0.2, -0.15) is 4.99 Å². The summed E-state index contributed by atoms with van der Waals surface area (Å²) in [5.41, 5.74) is 10.9. The minimum Gasteiger partial charge on any atom is -0.382 e. The zero-order valence-corrected chi connectivity index (χ0v) is 18.8. The first-order valence-electron chi connectivity index (χ1n) is 11.1. The molecule has 0 atom stereocenters. The molecule has 4 rings (SSSR count). The Morgan fingerprint density at radius 2 is 1.81 bits per heavy atom. The maximum Gasteiger partial charge on any atom is 0.302 e. The van der Waals surface area contributed by atoms with Gasteiger partial charge in [-0.15, -0.1) is 0 Å². The number of guanidine groups is 1. The molecule has 32 heavy (non-hydrogen) atoms. The van der Waals surface area contributed by atoms with Crippen LogP contribution in [0.5, 0.6) is 0 Å². The number of nitrogens with two attached hydrogens (primary N) is 2. The summed E-state index contributed by atoms with van der Waals surface area (Å²) >= 11 is 5.85. The third-order valence-corrected chi connectivity index (χ3v) is 6.71. The van der Waals surface area contributed by atoms with E-state index in [1.807, 2.05) is 4.90 Å². The molecule has 11 nitrogen and oxygen atoms in total. The van der Waals surface area contributed by atoms with Crippen LogP contribution >= 0.6 is 11.6 Å². The Kier molecular flexibility index (Phi) is 6.66. The number of hydrogen-bond donors (Lipinski definition) is 4. The largest absolute Gasteiger partial charge is 0.382 e. The molecule has 1 aromatic rings. The van der Waals surface area contributed by atoms with Gasteiger partial charge in [-0.3, -0.25) is 9.59 Å². The maximum atomic E-state index is 12.6. The number of nitrogens with one attached hydrogen (secondary N) is 2. The number of hydrogen-bond acceptors (Lipinski definition) is 7. The van der Waals surface area contributed by atoms with Crippen LogP contribution in [-0.4, -0.2) is 82.3 Å². The molecule has 0 unspecified atom stereocenters. The summed E-state index contributed by atoms with van der Waals surface area (Å²) in [6.45, 7) is 5.33. The van der Waals surface area contributed by atoms with Crippen molar-refractivity contribution in [1.82, 2.24) is 30.4 Å². The fourth-order valence-corrected chi connectivity index (χ4v) is 4.64. The van der Waals surface area contributed by atoms with Gasteiger partial charge in [0.2, 0.25) is 5.91 Å². The van der Waals surface area contributed by atoms with E-state index in [1.165, 1.54) is 12.8 Å². The van der Waals surface area contributed by atoms with Crippen molar-refractivity contribution in [2.45, 2.75) is 44.1 Å². The average molecular weight is 464 g/mol. The Balaban J connectivity index is 1.27. The van der Waals surface area contributed by atoms with Gasteiger partial charge in [0.25, 0.3) is 0 Å². The lowest BCUT2D eigenvalue weighted by Crippen LogP contribution is -2.53. The number of rotatable bonds is 5. The lowest BCUT2D eigenvalue weighted by atomic mass is 9.88. The third-order valence-electron chi connectivity index (χ3n) is 6.44. The predicted octanol–water partition coefficient (Wildman–Crippen LogP) is 0.221. The molecule has 0 bridgehead atoms. The van der Waals surface area contributed by atoms with Crippen molar-refractivity contribution in [2.75, 3.05) is 50.7 Å². The van der Waals surface area contributed by atoms with Crippen molar-refractivity contribution in [3.05, 3.63) is 10.8 Å². The van der Waals surface area contributed by atoms with Crippen molar-refractivity contribution in [3.63, 3.8) is 0 Å². The van der Waals surface area contributed by atoms with Gasteiger partial charge in [0.15, 0.2) is 28.4 Å². The summed E-state index contributed by atoms with van der Waals surface area (Å²) in [7, 11) is 0. The number of carbonyl (C=O) groups is 2. The van der Waals surface area contributed by atoms with Crippen LogP contribution in [0, 0.1) is 0 Å². The molecule has 0 saturated carbocycles. The highest BCUT2D eigenvalue weighted by Crippen LogP contribution is 2.25. The molecule has 3 fully saturated rings. The summed E-state index contributed by atoms with van der Waals surface area (Å²) in [5.74, 6) is -0.236. The molecule has 1 aromatic heterocycles. The lowest BCUT2D eigenvalue weighted by Gasteiger charge is -2.38. The number of amides is 2. The van der Waals surface area contributed by atoms with Gasteiger partial charge < -0.3 is 31.9 Å². The fourth-order valence-electron chi connectivity index (χ4n) is 4.52. The molecule has 4 heterocycles. The molecule has 0 radical (unpaired) electrons. The van der Waals surface area contributed by atoms with Crippen LogP contribution in [0.15, 0.2) is 4.99 Å². The zero-order chi connectivity index (χ0) is 22.7. The first-order chi connectivity index (χ1) is 15.3. The van der Waals surface area contributed by atoms with Crippen LogP contribution in [0.1, 0.15) is 49.0 Å². The normalized spacial score (nSPS) is 21.7. The Morgan fingerprint density at radius 3 is 2.53 bits per heavy atom. The van der Waals surface area contributed by atoms with E-state index in [9.17, 15) is 9.59 Å². The molecule has 1 spiro atoms. The van der Waals surface area contributed by atoms with Crippen LogP contribution in [0.3, 0.4) is 0 Å². The highest BCUT2D eigenvalue weighted by molar-refractivity contribution is 6.31. The van der Waals surface area contributed by atoms with Crippen molar-refractivity contribution < 1.29 is 9.59 Å². The number of anilines is 2. The van der Waals surface area contributed by atoms with E-state index in [0.29, 0.717) is 32.0 Å². The molecule has 3 saturated heterocycles. The second-order valence-corrected chi connectivity index (χ2v) is 9.05. The highest BCUT2D eigenvalue weighted by Gasteiger charge is 2.40. The zero-order valence-electron chi connectivity index (χ0n) is 18.1. The molecule has 12 heteroatoms. The first-order valence-corrected chi connectivity index (χ1v) is 11.5. The number of carbonyl (C=O) groups excluding carboxylic acids is 2. The van der Waals surface area contributed by atoms with E-state index in [2.05, 4.69) is 30.5 Å². The summed E-state index contributed by atoms with van der Waals surface area (Å²) < 4.78 is 0. The van der Waals surface area contributed by atoms with E-state index < -0.39 is 5.91 Å². The molecule has 3 aliphatic heterocycles. The molecular formula is C20H30ClN9O2. The maximum absolute atomic E-state index is 12.6. The molecule has 174 valence electrons. The van der Waals surface area contributed by atoms with Crippen molar-refractivity contribution in [3.8, 4) is 0 Å². The van der Waals surface area contributed by atoms with Crippen molar-refractivity contribution in [2.24, 2.45) is 4.99 Å². The number of likely N-dealkylation sites (tertiary alicyclic amines) is 2. The summed E-state index contributed by atoms with van der Waals surface area (Å²) in [4.78, 5) is 41.2. The first kappa shape index (κ1) is 22.5. The fraction of sp³-hybridized carbons (Fsp3) is 0.650. The smallest absolute Gasteiger partial charge is 0.302 e. The van der Waals surface area contributed by atoms with E-state index in [-0.39, 0.29) is 33.9 Å². The molecule has 2 amide bonds. The van der Waals surface area contributed by atoms with Crippen LogP contribution in [-0.2, 0) is 4.79 Å². The minimum absolute atomic E-state index is 0.0400. The SMILES string of the molecule is Nc1nc(N)c(C(=O)/N=C2\NCC3(CCN(C(=O)CCCN4CCCC4)CC3)N2)nc1Cl. The predicted molar refractivity (Wildman–Crippen MR) is 122 cm³/mol. The molecule has 0 aliphatic carbocycles. The van der Waals surface area contributed by atoms with Gasteiger partial charge in [-0.25, -0.2) is 9.97 Å². The number of nitrogen functional groups attached to an aromatic ring is 2. The second-order valence-electron chi connectivity index (χ2n) is 8.69. The van der Waals surface area contributed by atoms with Crippen LogP contribution in [0.4, 0.5) is 11.6 Å². The Morgan fingerprint density at radius 1 is 1.09 bits per heavy atom. The van der Waals surface area contributed by atoms with Gasteiger partial charge in [-0.05, 0) is 51.7 Å². The average Bonchev–Trinajstić information content (AvgIpc) is 3.41. The standard InChI is InChI=1S/C20H30ClN9O2/c21-15-17(23)26-16(22)14(25-15)18(32)27-19-24-12-20(28-19)5-10-30(11-6-20)13(31)4-3-9-29-7-1-2-8-29/h1-12H2,(H4,22,23,26)(H2,24,27,28,32). The van der Waals surface area contributed by atoms with E-state index in [1.54, 1.807) is 0 Å². The Bertz CT molecular complexity index is 909. The molecule has 6 N–H and O–H groups in total. The topological polar surface area (TPSA) is 155 Å². The third kappa shape index (κ3) is 5.04. The van der Waals surface area contributed by atoms with Gasteiger partial charge in [0.1, 0.15) is 0 Å². The summed E-state index contributed by atoms with van der Waals surface area (Å²) in [5, 5.41) is 6.36. The minimum atomic E-state index is -0.658. The second kappa shape index (κ2) is 9.45. The van der Waals surface area contributed by atoms with Crippen molar-refractivity contribution in [1.29, 1.82) is 0 Å². The quantitative estimate of drug-likeness (QED) is 0.479. The van der Waals surface area contributed by atoms with E-state index in [0.717, 1.165) is 38.9 Å². The Labute approximate surface area is 192 Å². The van der Waals surface area contributed by atoms with E-state index in [4.69, 9.17) is 23.1 Å². The monoisotopic (exact) mass is 463 g/mol. The number of aromatic nitrogens is 2. The van der Waals surface area contributed by atoms with E-state index >= 15 is 0 Å². The molecule has 0 aromatic carbocycles. The Hall–Kier alpha value is -2.66. The van der Waals surface area contributed by atoms with Gasteiger partial charge in [0, 0.05) is 26.1 Å². The number of piperidine rings is 1. The summed E-state index contributed by atoms with van der Waals surface area (Å²) in [6, 6.07) is 0. The lowest BCUT2D eigenvalue weighted by molar-refractivity contribution is -0.132. The van der Waals surface area contributed by atoms with Gasteiger partial charge >= 0.3 is 5.91 Å². The van der Waals surface area contributed by atoms with Gasteiger partial charge in [0.05, 0.1) is 5.54 Å². The number of aliphatic imine (C=N–C) groups is 1. The van der Waals surface area contributed by atoms with Crippen LogP contribution in [0.2, 0.25) is 5.15 Å². The van der Waals surface area contributed by atoms with Crippen molar-refractivity contribution >= 4 is 41.0 Å². The number of halogens is 1. The van der Waals surface area contributed by atoms with Gasteiger partial charge in [-0.1, -0.05) is 11.6 Å². The molecular weight excluding hydrogens is 434 g/mol. The summed E-state index contributed by atoms with van der Waals surface area (Å²) in [6.07, 6.45) is 5.62.